The molecule has 1 aromatic rings. The van der Waals surface area contributed by atoms with Gasteiger partial charge in [-0.2, -0.15) is 0 Å². The SMILES string of the molecule is CO[C@]1(C)CO[C@@]2(C=C([C@@H]3CC[C@]45C[C@]34CC[C@@H]3[C@@]4(C)CC=C6C[C@@H](c7ccccc7)OC[C@]6(C)[C@@H]4C[C@@H](O)[C@]35C)C(=O)O2)C1. The molecule has 0 unspecified atom stereocenters. The molecule has 45 heavy (non-hydrogen) atoms. The molecule has 242 valence electrons. The van der Waals surface area contributed by atoms with Crippen LogP contribution in [0.5, 0.6) is 0 Å². The van der Waals surface area contributed by atoms with Gasteiger partial charge in [0.15, 0.2) is 0 Å². The molecule has 9 rings (SSSR count). The highest BCUT2D eigenvalue weighted by atomic mass is 16.7. The number of methoxy groups -OCH3 is 1. The Kier molecular flexibility index (Phi) is 5.78. The Bertz CT molecular complexity index is 1520. The van der Waals surface area contributed by atoms with E-state index in [1.54, 1.807) is 7.11 Å². The van der Waals surface area contributed by atoms with E-state index in [0.717, 1.165) is 56.9 Å². The van der Waals surface area contributed by atoms with Crippen molar-refractivity contribution < 1.29 is 28.8 Å². The molecule has 0 aromatic heterocycles. The molecular weight excluding hydrogens is 564 g/mol. The summed E-state index contributed by atoms with van der Waals surface area (Å²) in [5, 5.41) is 12.4. The zero-order valence-electron chi connectivity index (χ0n) is 27.7. The van der Waals surface area contributed by atoms with Crippen LogP contribution in [-0.2, 0) is 23.7 Å². The summed E-state index contributed by atoms with van der Waals surface area (Å²) in [7, 11) is 1.70. The van der Waals surface area contributed by atoms with Crippen LogP contribution in [-0.4, -0.2) is 48.9 Å². The number of esters is 1. The normalized spacial score (nSPS) is 54.3. The van der Waals surface area contributed by atoms with E-state index in [0.29, 0.717) is 31.5 Å². The highest BCUT2D eigenvalue weighted by molar-refractivity contribution is 5.92. The Morgan fingerprint density at radius 2 is 1.78 bits per heavy atom. The highest BCUT2D eigenvalue weighted by Crippen LogP contribution is 2.91. The van der Waals surface area contributed by atoms with Crippen molar-refractivity contribution in [2.45, 2.75) is 109 Å². The number of aliphatic hydroxyl groups excluding tert-OH is 1. The fourth-order valence-electron chi connectivity index (χ4n) is 13.5. The van der Waals surface area contributed by atoms with Crippen LogP contribution < -0.4 is 0 Å². The van der Waals surface area contributed by atoms with Crippen LogP contribution in [0.2, 0.25) is 0 Å². The van der Waals surface area contributed by atoms with E-state index in [9.17, 15) is 9.90 Å². The maximum Gasteiger partial charge on any atom is 0.336 e. The Hall–Kier alpha value is -1.99. The number of benzene rings is 1. The third kappa shape index (κ3) is 3.43. The van der Waals surface area contributed by atoms with E-state index < -0.39 is 11.4 Å². The Labute approximate surface area is 267 Å². The van der Waals surface area contributed by atoms with Gasteiger partial charge in [0, 0.05) is 29.9 Å². The number of carbonyl (C=O) groups is 1. The predicted octanol–water partition coefficient (Wildman–Crippen LogP) is 7.08. The van der Waals surface area contributed by atoms with Crippen molar-refractivity contribution in [3.05, 3.63) is 59.2 Å². The van der Waals surface area contributed by atoms with Crippen molar-refractivity contribution in [1.82, 2.24) is 0 Å². The summed E-state index contributed by atoms with van der Waals surface area (Å²) in [6, 6.07) is 10.7. The first-order valence-electron chi connectivity index (χ1n) is 17.6. The maximum atomic E-state index is 13.5. The third-order valence-corrected chi connectivity index (χ3v) is 15.8. The van der Waals surface area contributed by atoms with Crippen molar-refractivity contribution in [3.63, 3.8) is 0 Å². The topological polar surface area (TPSA) is 74.2 Å². The van der Waals surface area contributed by atoms with Crippen LogP contribution in [0.4, 0.5) is 0 Å². The van der Waals surface area contributed by atoms with Crippen LogP contribution in [0.1, 0.15) is 97.1 Å². The molecule has 1 spiro atoms. The minimum absolute atomic E-state index is 0.0563. The molecule has 3 heterocycles. The summed E-state index contributed by atoms with van der Waals surface area (Å²) >= 11 is 0. The molecule has 2 saturated heterocycles. The Balaban J connectivity index is 1.02. The zero-order valence-corrected chi connectivity index (χ0v) is 27.7. The molecule has 4 saturated carbocycles. The lowest BCUT2D eigenvalue weighted by Crippen LogP contribution is -2.65. The van der Waals surface area contributed by atoms with Crippen molar-refractivity contribution in [1.29, 1.82) is 0 Å². The third-order valence-electron chi connectivity index (χ3n) is 15.8. The molecule has 6 fully saturated rings. The molecule has 0 bridgehead atoms. The van der Waals surface area contributed by atoms with Gasteiger partial charge in [0.2, 0.25) is 5.79 Å². The number of aliphatic hydroxyl groups is 1. The first-order chi connectivity index (χ1) is 21.4. The molecule has 6 nitrogen and oxygen atoms in total. The number of fused-ring (bicyclic) bond motifs is 5. The second-order valence-corrected chi connectivity index (χ2v) is 17.4. The molecule has 0 amide bonds. The second-order valence-electron chi connectivity index (χ2n) is 17.4. The maximum absolute atomic E-state index is 13.5. The largest absolute Gasteiger partial charge is 0.426 e. The van der Waals surface area contributed by atoms with Crippen molar-refractivity contribution in [2.24, 2.45) is 44.8 Å². The zero-order chi connectivity index (χ0) is 31.3. The van der Waals surface area contributed by atoms with Crippen molar-refractivity contribution >= 4 is 5.97 Å². The van der Waals surface area contributed by atoms with E-state index in [4.69, 9.17) is 18.9 Å². The van der Waals surface area contributed by atoms with Crippen LogP contribution >= 0.6 is 0 Å². The Morgan fingerprint density at radius 1 is 0.978 bits per heavy atom. The lowest BCUT2D eigenvalue weighted by Gasteiger charge is -2.68. The lowest BCUT2D eigenvalue weighted by atomic mass is 9.37. The van der Waals surface area contributed by atoms with Gasteiger partial charge >= 0.3 is 5.97 Å². The van der Waals surface area contributed by atoms with E-state index in [1.165, 1.54) is 11.1 Å². The van der Waals surface area contributed by atoms with Gasteiger partial charge in [0.05, 0.1) is 31.0 Å². The molecule has 3 aliphatic heterocycles. The lowest BCUT2D eigenvalue weighted by molar-refractivity contribution is -0.224. The molecule has 12 atom stereocenters. The second kappa shape index (κ2) is 8.92. The van der Waals surface area contributed by atoms with Gasteiger partial charge < -0.3 is 24.1 Å². The summed E-state index contributed by atoms with van der Waals surface area (Å²) in [5.74, 6) is -0.203. The standard InChI is InChI=1S/C39H50O6/c1-33(42-5)20-39(44-22-33)19-26(32(41)45-39)27-12-16-38-21-37(27,38)15-13-29-34(2)14-11-25-17-28(24-9-7-6-8-10-24)43-23-35(25,3)30(34)18-31(40)36(29,38)4/h6-11,19,27-31,40H,12-18,20-23H2,1-5H3/t27-,28-,29+,30+,31+,33-,34+,35-,36-,37+,38+,39+/m0/s1. The number of hydrogen-bond acceptors (Lipinski definition) is 6. The minimum atomic E-state index is -0.997. The summed E-state index contributed by atoms with van der Waals surface area (Å²) in [6.07, 6.45) is 13.2. The van der Waals surface area contributed by atoms with Crippen LogP contribution in [0.25, 0.3) is 0 Å². The first-order valence-corrected chi connectivity index (χ1v) is 17.6. The number of allylic oxidation sites excluding steroid dienone is 1. The highest BCUT2D eigenvalue weighted by Gasteiger charge is 2.85. The van der Waals surface area contributed by atoms with Gasteiger partial charge in [-0.3, -0.25) is 0 Å². The van der Waals surface area contributed by atoms with E-state index in [-0.39, 0.29) is 51.2 Å². The number of ether oxygens (including phenoxy) is 4. The number of carbonyl (C=O) groups excluding carboxylic acids is 1. The summed E-state index contributed by atoms with van der Waals surface area (Å²) in [5.41, 5.74) is 3.19. The van der Waals surface area contributed by atoms with Crippen molar-refractivity contribution in [3.8, 4) is 0 Å². The fraction of sp³-hybridized carbons (Fsp3) is 0.718. The molecule has 1 aromatic carbocycles. The van der Waals surface area contributed by atoms with Gasteiger partial charge in [0.1, 0.15) is 0 Å². The van der Waals surface area contributed by atoms with E-state index in [1.807, 2.05) is 13.0 Å². The number of rotatable bonds is 3. The monoisotopic (exact) mass is 614 g/mol. The van der Waals surface area contributed by atoms with Crippen LogP contribution in [0.15, 0.2) is 53.6 Å². The Morgan fingerprint density at radius 3 is 2.53 bits per heavy atom. The van der Waals surface area contributed by atoms with Gasteiger partial charge in [0.25, 0.3) is 0 Å². The van der Waals surface area contributed by atoms with Gasteiger partial charge in [-0.15, -0.1) is 0 Å². The first kappa shape index (κ1) is 29.2. The summed E-state index contributed by atoms with van der Waals surface area (Å²) in [4.78, 5) is 13.5. The molecule has 0 radical (unpaired) electrons. The molecule has 1 N–H and O–H groups in total. The van der Waals surface area contributed by atoms with E-state index >= 15 is 0 Å². The minimum Gasteiger partial charge on any atom is -0.426 e. The summed E-state index contributed by atoms with van der Waals surface area (Å²) in [6.45, 7) is 10.6. The number of hydrogen-bond donors (Lipinski definition) is 1. The molecule has 5 aliphatic carbocycles. The quantitative estimate of drug-likeness (QED) is 0.290. The molecule has 8 aliphatic rings. The average Bonchev–Trinajstić information content (AvgIpc) is 3.23. The van der Waals surface area contributed by atoms with Crippen LogP contribution in [0, 0.1) is 44.8 Å². The predicted molar refractivity (Wildman–Crippen MR) is 169 cm³/mol. The van der Waals surface area contributed by atoms with Gasteiger partial charge in [-0.1, -0.05) is 62.8 Å². The average molecular weight is 615 g/mol. The van der Waals surface area contributed by atoms with Gasteiger partial charge in [-0.05, 0) is 104 Å². The van der Waals surface area contributed by atoms with E-state index in [2.05, 4.69) is 57.2 Å². The summed E-state index contributed by atoms with van der Waals surface area (Å²) < 4.78 is 24.5. The molecular formula is C39H50O6. The fourth-order valence-corrected chi connectivity index (χ4v) is 13.5. The van der Waals surface area contributed by atoms with Gasteiger partial charge in [-0.25, -0.2) is 4.79 Å². The van der Waals surface area contributed by atoms with Crippen LogP contribution in [0.3, 0.4) is 0 Å². The smallest absolute Gasteiger partial charge is 0.336 e. The van der Waals surface area contributed by atoms with Crippen molar-refractivity contribution in [2.75, 3.05) is 20.3 Å². The molecule has 6 heteroatoms.